The number of nitrogens with zero attached hydrogens (tertiary/aromatic N) is 2. The largest absolute Gasteiger partial charge is 0.618 e. The molecule has 0 aliphatic heterocycles. The molecule has 2 aromatic heterocycles. The van der Waals surface area contributed by atoms with Crippen LogP contribution < -0.4 is 4.73 Å². The molecule has 0 radical (unpaired) electrons. The summed E-state index contributed by atoms with van der Waals surface area (Å²) in [6.07, 6.45) is 3.10. The molecule has 0 saturated carbocycles. The van der Waals surface area contributed by atoms with Gasteiger partial charge in [0.15, 0.2) is 6.20 Å². The normalized spacial score (nSPS) is 10.3. The third-order valence-electron chi connectivity index (χ3n) is 1.87. The lowest BCUT2D eigenvalue weighted by atomic mass is 10.2. The van der Waals surface area contributed by atoms with Crippen LogP contribution in [0.15, 0.2) is 45.6 Å². The van der Waals surface area contributed by atoms with Gasteiger partial charge >= 0.3 is 0 Å². The molecule has 15 heavy (non-hydrogen) atoms. The molecule has 0 aliphatic rings. The van der Waals surface area contributed by atoms with E-state index in [0.717, 1.165) is 13.7 Å². The van der Waals surface area contributed by atoms with E-state index in [-0.39, 0.29) is 0 Å². The maximum absolute atomic E-state index is 11.5. The predicted octanol–water partition coefficient (Wildman–Crippen LogP) is 2.91. The molecule has 0 saturated heterocycles. The van der Waals surface area contributed by atoms with Gasteiger partial charge in [-0.2, -0.15) is 4.73 Å². The van der Waals surface area contributed by atoms with E-state index in [4.69, 9.17) is 0 Å². The molecule has 0 N–H and O–H groups in total. The molecule has 2 heterocycles. The summed E-state index contributed by atoms with van der Waals surface area (Å²) in [5.41, 5.74) is 1.16. The molecule has 0 unspecified atom stereocenters. The number of pyridine rings is 2. The molecular weight excluding hydrogens is 324 g/mol. The average Bonchev–Trinajstić information content (AvgIpc) is 2.22. The summed E-state index contributed by atoms with van der Waals surface area (Å²) in [5, 5.41) is 11.5. The smallest absolute Gasteiger partial charge is 0.243 e. The van der Waals surface area contributed by atoms with Gasteiger partial charge in [-0.1, -0.05) is 31.9 Å². The Balaban J connectivity index is 2.58. The molecular formula is C10H6Br2N2O. The maximum atomic E-state index is 11.5. The van der Waals surface area contributed by atoms with Crippen molar-refractivity contribution < 1.29 is 4.73 Å². The first-order chi connectivity index (χ1) is 7.16. The van der Waals surface area contributed by atoms with Gasteiger partial charge in [0.05, 0.1) is 0 Å². The van der Waals surface area contributed by atoms with Crippen molar-refractivity contribution in [3.8, 4) is 11.4 Å². The highest BCUT2D eigenvalue weighted by molar-refractivity contribution is 9.10. The van der Waals surface area contributed by atoms with Crippen molar-refractivity contribution in [1.29, 1.82) is 0 Å². The van der Waals surface area contributed by atoms with E-state index >= 15 is 0 Å². The Kier molecular flexibility index (Phi) is 3.02. The van der Waals surface area contributed by atoms with Crippen molar-refractivity contribution in [2.45, 2.75) is 0 Å². The number of rotatable bonds is 1. The summed E-state index contributed by atoms with van der Waals surface area (Å²) in [5.74, 6) is 0. The molecule has 2 aromatic rings. The molecule has 0 atom stereocenters. The minimum Gasteiger partial charge on any atom is -0.618 e. The van der Waals surface area contributed by atoms with Crippen LogP contribution in [0.2, 0.25) is 0 Å². The fourth-order valence-corrected chi connectivity index (χ4v) is 1.86. The Hall–Kier alpha value is -0.940. The Morgan fingerprint density at radius 1 is 1.13 bits per heavy atom. The molecule has 0 spiro atoms. The van der Waals surface area contributed by atoms with Crippen LogP contribution in [0, 0.1) is 5.21 Å². The van der Waals surface area contributed by atoms with Gasteiger partial charge in [-0.3, -0.25) is 0 Å². The minimum absolute atomic E-state index is 0.519. The zero-order valence-electron chi connectivity index (χ0n) is 7.52. The summed E-state index contributed by atoms with van der Waals surface area (Å²) in [6, 6.07) is 7.04. The second-order valence-corrected chi connectivity index (χ2v) is 4.75. The van der Waals surface area contributed by atoms with Crippen LogP contribution in [-0.2, 0) is 0 Å². The molecule has 76 valence electrons. The Morgan fingerprint density at radius 3 is 2.60 bits per heavy atom. The second kappa shape index (κ2) is 4.28. The fraction of sp³-hybridized carbons (Fsp3) is 0. The third-order valence-corrected chi connectivity index (χ3v) is 2.85. The Labute approximate surface area is 104 Å². The van der Waals surface area contributed by atoms with Gasteiger partial charge in [-0.05, 0) is 12.1 Å². The molecule has 0 bridgehead atoms. The average molecular weight is 330 g/mol. The van der Waals surface area contributed by atoms with Crippen molar-refractivity contribution in [3.05, 3.63) is 50.8 Å². The SMILES string of the molecule is [O-][n+]1ccc(Br)cc1-c1cc(Br)ccn1. The molecule has 5 heteroatoms. The van der Waals surface area contributed by atoms with E-state index in [1.54, 1.807) is 24.4 Å². The highest BCUT2D eigenvalue weighted by Crippen LogP contribution is 2.20. The molecule has 3 nitrogen and oxygen atoms in total. The number of halogens is 2. The van der Waals surface area contributed by atoms with Gasteiger partial charge in [0.2, 0.25) is 5.69 Å². The highest BCUT2D eigenvalue weighted by Gasteiger charge is 2.10. The molecule has 2 rings (SSSR count). The van der Waals surface area contributed by atoms with Crippen LogP contribution >= 0.6 is 31.9 Å². The number of hydrogen-bond donors (Lipinski definition) is 0. The standard InChI is InChI=1S/C10H6Br2N2O/c11-7-1-3-13-9(5-7)10-6-8(12)2-4-14(10)15/h1-6H. The van der Waals surface area contributed by atoms with Crippen molar-refractivity contribution in [2.75, 3.05) is 0 Å². The predicted molar refractivity (Wildman–Crippen MR) is 64.0 cm³/mol. The lowest BCUT2D eigenvalue weighted by Gasteiger charge is -2.03. The summed E-state index contributed by atoms with van der Waals surface area (Å²) < 4.78 is 2.54. The monoisotopic (exact) mass is 328 g/mol. The van der Waals surface area contributed by atoms with E-state index in [1.165, 1.54) is 6.20 Å². The van der Waals surface area contributed by atoms with Crippen LogP contribution in [0.4, 0.5) is 0 Å². The van der Waals surface area contributed by atoms with E-state index in [0.29, 0.717) is 11.4 Å². The van der Waals surface area contributed by atoms with E-state index in [1.807, 2.05) is 6.07 Å². The van der Waals surface area contributed by atoms with E-state index < -0.39 is 0 Å². The fourth-order valence-electron chi connectivity index (χ4n) is 1.19. The number of hydrogen-bond acceptors (Lipinski definition) is 2. The van der Waals surface area contributed by atoms with Gasteiger partial charge in [0.25, 0.3) is 0 Å². The Bertz CT molecular complexity index is 503. The van der Waals surface area contributed by atoms with Crippen LogP contribution in [0.1, 0.15) is 0 Å². The lowest BCUT2D eigenvalue weighted by molar-refractivity contribution is -0.593. The van der Waals surface area contributed by atoms with Crippen LogP contribution in [-0.4, -0.2) is 4.98 Å². The molecule has 0 aromatic carbocycles. The summed E-state index contributed by atoms with van der Waals surface area (Å²) in [6.45, 7) is 0. The van der Waals surface area contributed by atoms with Gasteiger partial charge in [-0.25, -0.2) is 4.98 Å². The summed E-state index contributed by atoms with van der Waals surface area (Å²) >= 11 is 6.66. The maximum Gasteiger partial charge on any atom is 0.243 e. The number of aromatic nitrogens is 2. The summed E-state index contributed by atoms with van der Waals surface area (Å²) in [7, 11) is 0. The van der Waals surface area contributed by atoms with E-state index in [2.05, 4.69) is 36.8 Å². The van der Waals surface area contributed by atoms with Crippen LogP contribution in [0.25, 0.3) is 11.4 Å². The zero-order valence-corrected chi connectivity index (χ0v) is 10.7. The highest BCUT2D eigenvalue weighted by atomic mass is 79.9. The topological polar surface area (TPSA) is 39.8 Å². The first-order valence-corrected chi connectivity index (χ1v) is 5.76. The van der Waals surface area contributed by atoms with Crippen LogP contribution in [0.3, 0.4) is 0 Å². The molecule has 0 amide bonds. The Morgan fingerprint density at radius 2 is 1.87 bits per heavy atom. The zero-order chi connectivity index (χ0) is 10.8. The van der Waals surface area contributed by atoms with E-state index in [9.17, 15) is 5.21 Å². The lowest BCUT2D eigenvalue weighted by Crippen LogP contribution is -2.28. The van der Waals surface area contributed by atoms with Gasteiger partial charge in [0, 0.05) is 27.3 Å². The van der Waals surface area contributed by atoms with Crippen molar-refractivity contribution in [3.63, 3.8) is 0 Å². The third kappa shape index (κ3) is 2.35. The van der Waals surface area contributed by atoms with Gasteiger partial charge in [0.1, 0.15) is 5.69 Å². The quantitative estimate of drug-likeness (QED) is 0.596. The second-order valence-electron chi connectivity index (χ2n) is 2.92. The molecule has 0 aliphatic carbocycles. The van der Waals surface area contributed by atoms with Crippen molar-refractivity contribution in [1.82, 2.24) is 4.98 Å². The first kappa shape index (κ1) is 10.6. The molecule has 0 fully saturated rings. The van der Waals surface area contributed by atoms with Gasteiger partial charge in [-0.15, -0.1) is 0 Å². The summed E-state index contributed by atoms with van der Waals surface area (Å²) in [4.78, 5) is 4.14. The van der Waals surface area contributed by atoms with Gasteiger partial charge < -0.3 is 5.21 Å². The first-order valence-electron chi connectivity index (χ1n) is 4.17. The van der Waals surface area contributed by atoms with Crippen LogP contribution in [0.5, 0.6) is 0 Å². The minimum atomic E-state index is 0.519. The van der Waals surface area contributed by atoms with Crippen molar-refractivity contribution >= 4 is 31.9 Å². The van der Waals surface area contributed by atoms with Crippen molar-refractivity contribution in [2.24, 2.45) is 0 Å².